The molecular weight excluding hydrogens is 326 g/mol. The van der Waals surface area contributed by atoms with Gasteiger partial charge in [-0.1, -0.05) is 13.8 Å². The minimum atomic E-state index is 0.386. The average Bonchev–Trinajstić information content (AvgIpc) is 3.12. The van der Waals surface area contributed by atoms with Crippen molar-refractivity contribution >= 4 is 11.0 Å². The van der Waals surface area contributed by atoms with Gasteiger partial charge in [-0.2, -0.15) is 10.2 Å². The van der Waals surface area contributed by atoms with Crippen molar-refractivity contribution in [1.29, 1.82) is 0 Å². The van der Waals surface area contributed by atoms with Gasteiger partial charge >= 0.3 is 0 Å². The van der Waals surface area contributed by atoms with Gasteiger partial charge < -0.3 is 4.74 Å². The van der Waals surface area contributed by atoms with Crippen LogP contribution >= 0.6 is 0 Å². The zero-order valence-electron chi connectivity index (χ0n) is 16.3. The minimum absolute atomic E-state index is 0.386. The third-order valence-electron chi connectivity index (χ3n) is 5.38. The SMILES string of the molecule is Cc1nn(-c2cc3cn(C)nc3nc2C2CCOCC2)c(C)c1C(C)C. The Bertz CT molecular complexity index is 947. The predicted molar refractivity (Wildman–Crippen MR) is 102 cm³/mol. The fraction of sp³-hybridized carbons (Fsp3) is 0.550. The maximum atomic E-state index is 5.57. The fourth-order valence-electron chi connectivity index (χ4n) is 4.24. The van der Waals surface area contributed by atoms with Crippen molar-refractivity contribution in [3.63, 3.8) is 0 Å². The van der Waals surface area contributed by atoms with Gasteiger partial charge in [0.05, 0.1) is 17.1 Å². The second-order valence-electron chi connectivity index (χ2n) is 7.65. The summed E-state index contributed by atoms with van der Waals surface area (Å²) in [5.74, 6) is 0.835. The normalized spacial score (nSPS) is 16.1. The molecule has 0 unspecified atom stereocenters. The molecule has 0 amide bonds. The molecule has 1 aliphatic rings. The van der Waals surface area contributed by atoms with Crippen LogP contribution in [0, 0.1) is 13.8 Å². The molecule has 4 heterocycles. The number of nitrogens with zero attached hydrogens (tertiary/aromatic N) is 5. The summed E-state index contributed by atoms with van der Waals surface area (Å²) >= 11 is 0. The zero-order valence-corrected chi connectivity index (χ0v) is 16.3. The molecule has 3 aromatic heterocycles. The first-order chi connectivity index (χ1) is 12.5. The van der Waals surface area contributed by atoms with Gasteiger partial charge in [-0.05, 0) is 44.2 Å². The Labute approximate surface area is 154 Å². The number of aromatic nitrogens is 5. The highest BCUT2D eigenvalue weighted by Gasteiger charge is 2.25. The van der Waals surface area contributed by atoms with Crippen LogP contribution < -0.4 is 0 Å². The van der Waals surface area contributed by atoms with Crippen LogP contribution in [0.5, 0.6) is 0 Å². The molecule has 0 aliphatic carbocycles. The lowest BCUT2D eigenvalue weighted by Crippen LogP contribution is -2.18. The second kappa shape index (κ2) is 6.50. The summed E-state index contributed by atoms with van der Waals surface area (Å²) in [7, 11) is 1.94. The smallest absolute Gasteiger partial charge is 0.181 e. The van der Waals surface area contributed by atoms with Gasteiger partial charge in [0.1, 0.15) is 0 Å². The van der Waals surface area contributed by atoms with Gasteiger partial charge in [-0.15, -0.1) is 0 Å². The van der Waals surface area contributed by atoms with Gasteiger partial charge in [0.15, 0.2) is 5.65 Å². The lowest BCUT2D eigenvalue weighted by atomic mass is 9.94. The zero-order chi connectivity index (χ0) is 18.4. The summed E-state index contributed by atoms with van der Waals surface area (Å²) < 4.78 is 9.49. The van der Waals surface area contributed by atoms with Crippen molar-refractivity contribution in [3.05, 3.63) is 34.9 Å². The van der Waals surface area contributed by atoms with Crippen LogP contribution in [0.25, 0.3) is 16.7 Å². The van der Waals surface area contributed by atoms with E-state index in [-0.39, 0.29) is 0 Å². The van der Waals surface area contributed by atoms with Crippen LogP contribution in [-0.2, 0) is 11.8 Å². The maximum absolute atomic E-state index is 5.57. The number of pyridine rings is 1. The van der Waals surface area contributed by atoms with Gasteiger partial charge in [0.25, 0.3) is 0 Å². The molecule has 1 saturated heterocycles. The van der Waals surface area contributed by atoms with E-state index in [2.05, 4.69) is 43.5 Å². The lowest BCUT2D eigenvalue weighted by Gasteiger charge is -2.24. The number of rotatable bonds is 3. The van der Waals surface area contributed by atoms with E-state index < -0.39 is 0 Å². The molecule has 1 aliphatic heterocycles. The number of fused-ring (bicyclic) bond motifs is 1. The van der Waals surface area contributed by atoms with Crippen LogP contribution in [0.15, 0.2) is 12.3 Å². The first kappa shape index (κ1) is 17.2. The van der Waals surface area contributed by atoms with Crippen molar-refractivity contribution in [1.82, 2.24) is 24.5 Å². The molecule has 4 rings (SSSR count). The monoisotopic (exact) mass is 353 g/mol. The van der Waals surface area contributed by atoms with Crippen molar-refractivity contribution < 1.29 is 4.74 Å². The summed E-state index contributed by atoms with van der Waals surface area (Å²) in [4.78, 5) is 4.97. The van der Waals surface area contributed by atoms with Crippen molar-refractivity contribution in [2.45, 2.75) is 52.4 Å². The molecule has 138 valence electrons. The molecule has 3 aromatic rings. The summed E-state index contributed by atoms with van der Waals surface area (Å²) in [6, 6.07) is 2.20. The molecule has 0 saturated carbocycles. The highest BCUT2D eigenvalue weighted by Crippen LogP contribution is 2.34. The molecule has 6 nitrogen and oxygen atoms in total. The molecule has 6 heteroatoms. The molecule has 1 fully saturated rings. The van der Waals surface area contributed by atoms with Crippen LogP contribution in [-0.4, -0.2) is 37.8 Å². The lowest BCUT2D eigenvalue weighted by molar-refractivity contribution is 0.0845. The van der Waals surface area contributed by atoms with Gasteiger partial charge in [0.2, 0.25) is 0 Å². The van der Waals surface area contributed by atoms with E-state index in [1.807, 2.05) is 17.9 Å². The molecule has 0 spiro atoms. The molecular formula is C20H27N5O. The molecule has 0 aromatic carbocycles. The average molecular weight is 353 g/mol. The topological polar surface area (TPSA) is 57.8 Å². The Morgan fingerprint density at radius 2 is 1.88 bits per heavy atom. The van der Waals surface area contributed by atoms with Crippen molar-refractivity contribution in [2.24, 2.45) is 7.05 Å². The van der Waals surface area contributed by atoms with E-state index in [1.165, 1.54) is 11.3 Å². The van der Waals surface area contributed by atoms with E-state index in [4.69, 9.17) is 14.8 Å². The van der Waals surface area contributed by atoms with Crippen LogP contribution in [0.2, 0.25) is 0 Å². The number of aryl methyl sites for hydroxylation is 2. The Morgan fingerprint density at radius 3 is 2.54 bits per heavy atom. The summed E-state index contributed by atoms with van der Waals surface area (Å²) in [5, 5.41) is 10.5. The van der Waals surface area contributed by atoms with Gasteiger partial charge in [-0.3, -0.25) is 4.68 Å². The number of hydrogen-bond donors (Lipinski definition) is 0. The molecule has 0 N–H and O–H groups in total. The highest BCUT2D eigenvalue weighted by atomic mass is 16.5. The van der Waals surface area contributed by atoms with Crippen LogP contribution in [0.3, 0.4) is 0 Å². The number of ether oxygens (including phenoxy) is 1. The fourth-order valence-corrected chi connectivity index (χ4v) is 4.24. The van der Waals surface area contributed by atoms with Crippen LogP contribution in [0.1, 0.15) is 61.2 Å². The predicted octanol–water partition coefficient (Wildman–Crippen LogP) is 3.79. The van der Waals surface area contributed by atoms with E-state index in [1.54, 1.807) is 0 Å². The quantitative estimate of drug-likeness (QED) is 0.719. The molecule has 0 bridgehead atoms. The van der Waals surface area contributed by atoms with E-state index >= 15 is 0 Å². The Hall–Kier alpha value is -2.21. The first-order valence-electron chi connectivity index (χ1n) is 9.44. The van der Waals surface area contributed by atoms with E-state index in [0.29, 0.717) is 11.8 Å². The Kier molecular flexibility index (Phi) is 4.31. The van der Waals surface area contributed by atoms with Gasteiger partial charge in [0, 0.05) is 43.5 Å². The van der Waals surface area contributed by atoms with E-state index in [9.17, 15) is 0 Å². The maximum Gasteiger partial charge on any atom is 0.181 e. The minimum Gasteiger partial charge on any atom is -0.381 e. The molecule has 0 atom stereocenters. The van der Waals surface area contributed by atoms with Gasteiger partial charge in [-0.25, -0.2) is 9.67 Å². The summed E-state index contributed by atoms with van der Waals surface area (Å²) in [6.45, 7) is 10.3. The third-order valence-corrected chi connectivity index (χ3v) is 5.38. The largest absolute Gasteiger partial charge is 0.381 e. The Morgan fingerprint density at radius 1 is 1.15 bits per heavy atom. The van der Waals surface area contributed by atoms with Crippen molar-refractivity contribution in [2.75, 3.05) is 13.2 Å². The standard InChI is InChI=1S/C20H27N5O/c1-12(2)18-13(3)22-25(14(18)4)17-10-16-11-24(5)23-20(16)21-19(17)15-6-8-26-9-7-15/h10-12,15H,6-9H2,1-5H3. The summed E-state index contributed by atoms with van der Waals surface area (Å²) in [6.07, 6.45) is 4.01. The van der Waals surface area contributed by atoms with E-state index in [0.717, 1.165) is 54.2 Å². The molecule has 26 heavy (non-hydrogen) atoms. The summed E-state index contributed by atoms with van der Waals surface area (Å²) in [5.41, 5.74) is 6.63. The molecule has 0 radical (unpaired) electrons. The van der Waals surface area contributed by atoms with Crippen LogP contribution in [0.4, 0.5) is 0 Å². The Balaban J connectivity index is 1.94. The van der Waals surface area contributed by atoms with Crippen molar-refractivity contribution in [3.8, 4) is 5.69 Å². The number of hydrogen-bond acceptors (Lipinski definition) is 4. The second-order valence-corrected chi connectivity index (χ2v) is 7.65. The highest BCUT2D eigenvalue weighted by molar-refractivity contribution is 5.77. The third kappa shape index (κ3) is 2.82. The first-order valence-corrected chi connectivity index (χ1v) is 9.44.